The number of hydrogen-bond acceptors (Lipinski definition) is 4. The monoisotopic (exact) mass is 219 g/mol. The smallest absolute Gasteiger partial charge is 0.307 e. The van der Waals surface area contributed by atoms with Crippen LogP contribution in [0, 0.1) is 11.3 Å². The first-order valence-corrected chi connectivity index (χ1v) is 5.01. The van der Waals surface area contributed by atoms with Crippen molar-refractivity contribution in [3.63, 3.8) is 0 Å². The zero-order valence-electron chi connectivity index (χ0n) is 9.01. The van der Waals surface area contributed by atoms with Crippen molar-refractivity contribution >= 4 is 5.97 Å². The number of hydrogen-bond donors (Lipinski definition) is 1. The minimum Gasteiger partial charge on any atom is -0.508 e. The van der Waals surface area contributed by atoms with Gasteiger partial charge in [-0.2, -0.15) is 5.26 Å². The number of aromatic hydroxyl groups is 1. The van der Waals surface area contributed by atoms with E-state index >= 15 is 0 Å². The van der Waals surface area contributed by atoms with E-state index in [1.807, 2.05) is 6.07 Å². The number of carbonyl (C=O) groups is 1. The predicted octanol–water partition coefficient (Wildman–Crippen LogP) is 1.95. The number of rotatable bonds is 4. The number of carbonyl (C=O) groups excluding carboxylic acids is 1. The van der Waals surface area contributed by atoms with Crippen molar-refractivity contribution in [1.82, 2.24) is 0 Å². The van der Waals surface area contributed by atoms with E-state index in [4.69, 9.17) is 15.1 Å². The maximum Gasteiger partial charge on any atom is 0.307 e. The summed E-state index contributed by atoms with van der Waals surface area (Å²) >= 11 is 0. The van der Waals surface area contributed by atoms with E-state index in [-0.39, 0.29) is 18.1 Å². The van der Waals surface area contributed by atoms with Crippen molar-refractivity contribution in [3.8, 4) is 11.8 Å². The molecule has 0 aliphatic heterocycles. The normalized spacial score (nSPS) is 11.5. The summed E-state index contributed by atoms with van der Waals surface area (Å²) in [5.74, 6) is -0.779. The number of phenolic OH excluding ortho intramolecular Hbond substituents is 1. The van der Waals surface area contributed by atoms with Crippen LogP contribution in [0.3, 0.4) is 0 Å². The standard InChI is InChI=1S/C12H13NO3/c1-2-16-12(15)7-10(8-13)9-3-5-11(14)6-4-9/h3-6,10,14H,2,7H2,1H3/t10-/m0/s1. The van der Waals surface area contributed by atoms with Crippen LogP contribution in [0.2, 0.25) is 0 Å². The maximum absolute atomic E-state index is 11.2. The van der Waals surface area contributed by atoms with E-state index < -0.39 is 5.92 Å². The lowest BCUT2D eigenvalue weighted by molar-refractivity contribution is -0.143. The molecule has 0 unspecified atom stereocenters. The van der Waals surface area contributed by atoms with Crippen molar-refractivity contribution in [3.05, 3.63) is 29.8 Å². The van der Waals surface area contributed by atoms with Gasteiger partial charge in [0.25, 0.3) is 0 Å². The van der Waals surface area contributed by atoms with Crippen molar-refractivity contribution in [2.75, 3.05) is 6.61 Å². The Morgan fingerprint density at radius 3 is 2.62 bits per heavy atom. The Bertz CT molecular complexity index is 392. The van der Waals surface area contributed by atoms with Crippen LogP contribution in [-0.4, -0.2) is 17.7 Å². The second-order valence-corrected chi connectivity index (χ2v) is 3.28. The van der Waals surface area contributed by atoms with E-state index in [2.05, 4.69) is 0 Å². The molecule has 4 heteroatoms. The highest BCUT2D eigenvalue weighted by molar-refractivity contribution is 5.71. The zero-order valence-corrected chi connectivity index (χ0v) is 9.01. The third-order valence-electron chi connectivity index (χ3n) is 2.13. The van der Waals surface area contributed by atoms with Crippen LogP contribution in [0.5, 0.6) is 5.75 Å². The molecule has 0 fully saturated rings. The van der Waals surface area contributed by atoms with Crippen LogP contribution in [0.25, 0.3) is 0 Å². The Kier molecular flexibility index (Phi) is 4.34. The van der Waals surface area contributed by atoms with Crippen molar-refractivity contribution in [2.45, 2.75) is 19.3 Å². The molecule has 0 spiro atoms. The van der Waals surface area contributed by atoms with E-state index in [0.717, 1.165) is 0 Å². The molecule has 0 radical (unpaired) electrons. The molecule has 0 amide bonds. The Labute approximate surface area is 94.1 Å². The molecule has 1 aromatic carbocycles. The summed E-state index contributed by atoms with van der Waals surface area (Å²) in [5.41, 5.74) is 0.702. The molecule has 0 saturated heterocycles. The summed E-state index contributed by atoms with van der Waals surface area (Å²) in [5, 5.41) is 18.0. The van der Waals surface area contributed by atoms with E-state index in [1.54, 1.807) is 19.1 Å². The summed E-state index contributed by atoms with van der Waals surface area (Å²) in [6.45, 7) is 2.03. The topological polar surface area (TPSA) is 70.3 Å². The van der Waals surface area contributed by atoms with Crippen LogP contribution in [0.1, 0.15) is 24.8 Å². The molecule has 1 aromatic rings. The Balaban J connectivity index is 2.72. The van der Waals surface area contributed by atoms with Gasteiger partial charge in [-0.15, -0.1) is 0 Å². The Morgan fingerprint density at radius 1 is 1.50 bits per heavy atom. The maximum atomic E-state index is 11.2. The van der Waals surface area contributed by atoms with E-state index in [1.165, 1.54) is 12.1 Å². The fourth-order valence-corrected chi connectivity index (χ4v) is 1.33. The van der Waals surface area contributed by atoms with Crippen molar-refractivity contribution in [1.29, 1.82) is 5.26 Å². The molecule has 1 N–H and O–H groups in total. The Hall–Kier alpha value is -2.02. The first-order valence-electron chi connectivity index (χ1n) is 5.01. The van der Waals surface area contributed by atoms with Gasteiger partial charge in [0.05, 0.1) is 25.0 Å². The van der Waals surface area contributed by atoms with Gasteiger partial charge in [-0.25, -0.2) is 0 Å². The third-order valence-corrected chi connectivity index (χ3v) is 2.13. The largest absolute Gasteiger partial charge is 0.508 e. The van der Waals surface area contributed by atoms with Crippen LogP contribution in [0.4, 0.5) is 0 Å². The van der Waals surface area contributed by atoms with Crippen molar-refractivity contribution < 1.29 is 14.6 Å². The van der Waals surface area contributed by atoms with Crippen LogP contribution >= 0.6 is 0 Å². The summed E-state index contributed by atoms with van der Waals surface area (Å²) < 4.78 is 4.78. The number of esters is 1. The first-order chi connectivity index (χ1) is 7.67. The fraction of sp³-hybridized carbons (Fsp3) is 0.333. The molecule has 16 heavy (non-hydrogen) atoms. The highest BCUT2D eigenvalue weighted by Crippen LogP contribution is 2.21. The molecule has 0 saturated carbocycles. The number of benzene rings is 1. The van der Waals surface area contributed by atoms with Gasteiger partial charge < -0.3 is 9.84 Å². The minimum absolute atomic E-state index is 0.0368. The molecular weight excluding hydrogens is 206 g/mol. The third kappa shape index (κ3) is 3.28. The highest BCUT2D eigenvalue weighted by Gasteiger charge is 2.16. The van der Waals surface area contributed by atoms with Gasteiger partial charge in [0, 0.05) is 0 Å². The second-order valence-electron chi connectivity index (χ2n) is 3.28. The van der Waals surface area contributed by atoms with Gasteiger partial charge >= 0.3 is 5.97 Å². The summed E-state index contributed by atoms with van der Waals surface area (Å²) in [6.07, 6.45) is 0.0368. The number of nitrogens with zero attached hydrogens (tertiary/aromatic N) is 1. The van der Waals surface area contributed by atoms with Crippen LogP contribution < -0.4 is 0 Å². The molecule has 84 valence electrons. The zero-order chi connectivity index (χ0) is 12.0. The van der Waals surface area contributed by atoms with Gasteiger partial charge in [-0.3, -0.25) is 4.79 Å². The van der Waals surface area contributed by atoms with Gasteiger partial charge in [-0.05, 0) is 24.6 Å². The SMILES string of the molecule is CCOC(=O)C[C@@H](C#N)c1ccc(O)cc1. The molecule has 1 atom stereocenters. The average Bonchev–Trinajstić information content (AvgIpc) is 2.27. The summed E-state index contributed by atoms with van der Waals surface area (Å²) in [6, 6.07) is 8.28. The molecular formula is C12H13NO3. The number of phenols is 1. The lowest BCUT2D eigenvalue weighted by Gasteiger charge is -2.08. The van der Waals surface area contributed by atoms with E-state index in [9.17, 15) is 4.79 Å². The average molecular weight is 219 g/mol. The highest BCUT2D eigenvalue weighted by atomic mass is 16.5. The Morgan fingerprint density at radius 2 is 2.12 bits per heavy atom. The molecule has 1 rings (SSSR count). The van der Waals surface area contributed by atoms with E-state index in [0.29, 0.717) is 12.2 Å². The number of ether oxygens (including phenoxy) is 1. The molecule has 4 nitrogen and oxygen atoms in total. The summed E-state index contributed by atoms with van der Waals surface area (Å²) in [7, 11) is 0. The quantitative estimate of drug-likeness (QED) is 0.786. The predicted molar refractivity (Wildman–Crippen MR) is 57.7 cm³/mol. The fourth-order valence-electron chi connectivity index (χ4n) is 1.33. The van der Waals surface area contributed by atoms with Gasteiger partial charge in [0.15, 0.2) is 0 Å². The van der Waals surface area contributed by atoms with Crippen LogP contribution in [0.15, 0.2) is 24.3 Å². The minimum atomic E-state index is -0.528. The summed E-state index contributed by atoms with van der Waals surface area (Å²) in [4.78, 5) is 11.2. The number of nitriles is 1. The lowest BCUT2D eigenvalue weighted by atomic mass is 9.97. The van der Waals surface area contributed by atoms with Crippen LogP contribution in [-0.2, 0) is 9.53 Å². The van der Waals surface area contributed by atoms with Gasteiger partial charge in [-0.1, -0.05) is 12.1 Å². The molecule has 0 bridgehead atoms. The van der Waals surface area contributed by atoms with Gasteiger partial charge in [0.2, 0.25) is 0 Å². The second kappa shape index (κ2) is 5.76. The molecule has 0 aromatic heterocycles. The lowest BCUT2D eigenvalue weighted by Crippen LogP contribution is -2.09. The molecule has 0 aliphatic carbocycles. The van der Waals surface area contributed by atoms with Gasteiger partial charge in [0.1, 0.15) is 5.75 Å². The van der Waals surface area contributed by atoms with Crippen molar-refractivity contribution in [2.24, 2.45) is 0 Å². The molecule has 0 aliphatic rings. The first kappa shape index (κ1) is 12.1. The molecule has 0 heterocycles.